The van der Waals surface area contributed by atoms with Crippen LogP contribution < -0.4 is 11.5 Å². The van der Waals surface area contributed by atoms with Gasteiger partial charge in [0.05, 0.1) is 12.4 Å². The summed E-state index contributed by atoms with van der Waals surface area (Å²) in [4.78, 5) is 14.4. The van der Waals surface area contributed by atoms with E-state index in [0.717, 1.165) is 0 Å². The molecule has 0 fully saturated rings. The summed E-state index contributed by atoms with van der Waals surface area (Å²) in [5, 5.41) is 8.76. The Balaban J connectivity index is 3.69. The average Bonchev–Trinajstić information content (AvgIpc) is 2.10. The van der Waals surface area contributed by atoms with E-state index >= 15 is 0 Å². The highest BCUT2D eigenvalue weighted by Crippen LogP contribution is 2.11. The van der Waals surface area contributed by atoms with Crippen molar-refractivity contribution in [3.05, 3.63) is 0 Å². The zero-order valence-electron chi connectivity index (χ0n) is 8.43. The Labute approximate surface area is 87.9 Å². The van der Waals surface area contributed by atoms with E-state index < -0.39 is 12.0 Å². The number of nitrogens with zero attached hydrogens (tertiary/aromatic N) is 1. The molecule has 0 aliphatic heterocycles. The fourth-order valence-corrected chi connectivity index (χ4v) is 1.52. The molecule has 0 bridgehead atoms. The Morgan fingerprint density at radius 1 is 1.64 bits per heavy atom. The second-order valence-corrected chi connectivity index (χ2v) is 4.54. The van der Waals surface area contributed by atoms with E-state index in [1.807, 2.05) is 6.92 Å². The van der Waals surface area contributed by atoms with Gasteiger partial charge in [-0.15, -0.1) is 0 Å². The third-order valence-corrected chi connectivity index (χ3v) is 2.74. The number of aliphatic carboxylic acids is 1. The van der Waals surface area contributed by atoms with Gasteiger partial charge in [-0.25, -0.2) is 0 Å². The average molecular weight is 219 g/mol. The molecule has 82 valence electrons. The van der Waals surface area contributed by atoms with Crippen LogP contribution in [0.2, 0.25) is 0 Å². The Kier molecular flexibility index (Phi) is 6.31. The molecule has 0 amide bonds. The van der Waals surface area contributed by atoms with Gasteiger partial charge in [0.1, 0.15) is 6.04 Å². The highest BCUT2D eigenvalue weighted by molar-refractivity contribution is 8.00. The molecule has 0 unspecified atom stereocenters. The van der Waals surface area contributed by atoms with E-state index in [4.69, 9.17) is 16.6 Å². The van der Waals surface area contributed by atoms with Gasteiger partial charge in [0.25, 0.3) is 0 Å². The molecule has 0 aromatic heterocycles. The molecule has 0 saturated carbocycles. The van der Waals surface area contributed by atoms with E-state index in [1.165, 1.54) is 11.8 Å². The number of amidine groups is 1. The SMILES string of the molecule is CC(N)=NC[C@H](C)SC[C@@H](N)C(=O)O. The number of carboxylic acid groups (broad SMARTS) is 1. The van der Waals surface area contributed by atoms with E-state index in [2.05, 4.69) is 4.99 Å². The maximum atomic E-state index is 10.4. The molecule has 0 radical (unpaired) electrons. The topological polar surface area (TPSA) is 102 Å². The van der Waals surface area contributed by atoms with Gasteiger partial charge < -0.3 is 16.6 Å². The lowest BCUT2D eigenvalue weighted by Gasteiger charge is -2.10. The van der Waals surface area contributed by atoms with Gasteiger partial charge in [-0.1, -0.05) is 6.92 Å². The standard InChI is InChI=1S/C8H17N3O2S/c1-5(3-11-6(2)9)14-4-7(10)8(12)13/h5,7H,3-4,10H2,1-2H3,(H2,9,11)(H,12,13)/t5-,7+/m0/s1. The van der Waals surface area contributed by atoms with Crippen LogP contribution in [0.3, 0.4) is 0 Å². The molecule has 6 heteroatoms. The van der Waals surface area contributed by atoms with Crippen LogP contribution in [0.5, 0.6) is 0 Å². The maximum absolute atomic E-state index is 10.4. The molecule has 14 heavy (non-hydrogen) atoms. The molecule has 0 heterocycles. The summed E-state index contributed by atoms with van der Waals surface area (Å²) < 4.78 is 0. The highest BCUT2D eigenvalue weighted by atomic mass is 32.2. The minimum Gasteiger partial charge on any atom is -0.480 e. The van der Waals surface area contributed by atoms with Gasteiger partial charge in [-0.2, -0.15) is 11.8 Å². The second kappa shape index (κ2) is 6.67. The quantitative estimate of drug-likeness (QED) is 0.427. The summed E-state index contributed by atoms with van der Waals surface area (Å²) in [5.41, 5.74) is 10.7. The normalized spacial score (nSPS) is 16.4. The summed E-state index contributed by atoms with van der Waals surface area (Å²) in [7, 11) is 0. The Morgan fingerprint density at radius 2 is 2.21 bits per heavy atom. The predicted molar refractivity (Wildman–Crippen MR) is 59.7 cm³/mol. The van der Waals surface area contributed by atoms with E-state index in [9.17, 15) is 4.79 Å². The molecule has 5 nitrogen and oxygen atoms in total. The molecule has 0 aromatic carbocycles. The summed E-state index contributed by atoms with van der Waals surface area (Å²) in [6.45, 7) is 4.28. The molecule has 0 aromatic rings. The van der Waals surface area contributed by atoms with Crippen LogP contribution in [-0.2, 0) is 4.79 Å². The molecule has 0 aliphatic rings. The molecular formula is C8H17N3O2S. The van der Waals surface area contributed by atoms with Gasteiger partial charge in [0.2, 0.25) is 0 Å². The fourth-order valence-electron chi connectivity index (χ4n) is 0.664. The van der Waals surface area contributed by atoms with Crippen molar-refractivity contribution < 1.29 is 9.90 Å². The van der Waals surface area contributed by atoms with Crippen molar-refractivity contribution in [2.75, 3.05) is 12.3 Å². The second-order valence-electron chi connectivity index (χ2n) is 3.07. The number of aliphatic imine (C=N–C) groups is 1. The Morgan fingerprint density at radius 3 is 2.64 bits per heavy atom. The number of thioether (sulfide) groups is 1. The molecular weight excluding hydrogens is 202 g/mol. The highest BCUT2D eigenvalue weighted by Gasteiger charge is 2.13. The van der Waals surface area contributed by atoms with Crippen molar-refractivity contribution >= 4 is 23.6 Å². The summed E-state index contributed by atoms with van der Waals surface area (Å²) in [6, 6.07) is -0.801. The first-order valence-electron chi connectivity index (χ1n) is 4.30. The van der Waals surface area contributed by atoms with E-state index in [1.54, 1.807) is 6.92 Å². The lowest BCUT2D eigenvalue weighted by atomic mass is 10.4. The molecule has 2 atom stereocenters. The Hall–Kier alpha value is -0.750. The molecule has 0 rings (SSSR count). The molecule has 0 spiro atoms. The number of carboxylic acids is 1. The van der Waals surface area contributed by atoms with Gasteiger partial charge in [-0.3, -0.25) is 9.79 Å². The molecule has 0 saturated heterocycles. The molecule has 5 N–H and O–H groups in total. The summed E-state index contributed by atoms with van der Waals surface area (Å²) in [6.07, 6.45) is 0. The van der Waals surface area contributed by atoms with Gasteiger partial charge in [0.15, 0.2) is 0 Å². The number of carbonyl (C=O) groups is 1. The van der Waals surface area contributed by atoms with Crippen LogP contribution in [0.1, 0.15) is 13.8 Å². The monoisotopic (exact) mass is 219 g/mol. The zero-order chi connectivity index (χ0) is 11.1. The first kappa shape index (κ1) is 13.2. The van der Waals surface area contributed by atoms with Crippen molar-refractivity contribution in [2.24, 2.45) is 16.5 Å². The van der Waals surface area contributed by atoms with Crippen molar-refractivity contribution in [3.8, 4) is 0 Å². The van der Waals surface area contributed by atoms with Crippen molar-refractivity contribution in [1.82, 2.24) is 0 Å². The van der Waals surface area contributed by atoms with Crippen LogP contribution in [0.25, 0.3) is 0 Å². The number of hydrogen-bond donors (Lipinski definition) is 3. The smallest absolute Gasteiger partial charge is 0.321 e. The van der Waals surface area contributed by atoms with Crippen LogP contribution in [0.4, 0.5) is 0 Å². The maximum Gasteiger partial charge on any atom is 0.321 e. The number of hydrogen-bond acceptors (Lipinski definition) is 4. The lowest BCUT2D eigenvalue weighted by Crippen LogP contribution is -2.33. The van der Waals surface area contributed by atoms with Crippen LogP contribution in [-0.4, -0.2) is 40.5 Å². The van der Waals surface area contributed by atoms with E-state index in [-0.39, 0.29) is 5.25 Å². The zero-order valence-corrected chi connectivity index (χ0v) is 9.25. The van der Waals surface area contributed by atoms with Crippen molar-refractivity contribution in [1.29, 1.82) is 0 Å². The van der Waals surface area contributed by atoms with Crippen LogP contribution in [0.15, 0.2) is 4.99 Å². The van der Waals surface area contributed by atoms with Crippen LogP contribution in [0, 0.1) is 0 Å². The van der Waals surface area contributed by atoms with Gasteiger partial charge in [0, 0.05) is 11.0 Å². The lowest BCUT2D eigenvalue weighted by molar-refractivity contribution is -0.137. The minimum atomic E-state index is -0.969. The van der Waals surface area contributed by atoms with E-state index in [0.29, 0.717) is 18.1 Å². The fraction of sp³-hybridized carbons (Fsp3) is 0.750. The number of nitrogens with two attached hydrogens (primary N) is 2. The summed E-state index contributed by atoms with van der Waals surface area (Å²) in [5.74, 6) is -0.0292. The minimum absolute atomic E-state index is 0.235. The van der Waals surface area contributed by atoms with Crippen molar-refractivity contribution in [2.45, 2.75) is 25.1 Å². The Bertz CT molecular complexity index is 217. The van der Waals surface area contributed by atoms with Crippen LogP contribution >= 0.6 is 11.8 Å². The third-order valence-electron chi connectivity index (χ3n) is 1.48. The van der Waals surface area contributed by atoms with Crippen molar-refractivity contribution in [3.63, 3.8) is 0 Å². The first-order valence-corrected chi connectivity index (χ1v) is 5.35. The number of rotatable bonds is 6. The van der Waals surface area contributed by atoms with Gasteiger partial charge >= 0.3 is 5.97 Å². The largest absolute Gasteiger partial charge is 0.480 e. The predicted octanol–water partition coefficient (Wildman–Crippen LogP) is -0.103. The third kappa shape index (κ3) is 6.73. The van der Waals surface area contributed by atoms with Gasteiger partial charge in [-0.05, 0) is 6.92 Å². The first-order chi connectivity index (χ1) is 6.43. The molecule has 0 aliphatic carbocycles. The summed E-state index contributed by atoms with van der Waals surface area (Å²) >= 11 is 1.49.